The van der Waals surface area contributed by atoms with Crippen LogP contribution in [0.25, 0.3) is 10.8 Å². The number of benzene rings is 2. The summed E-state index contributed by atoms with van der Waals surface area (Å²) in [5, 5.41) is 12.7. The van der Waals surface area contributed by atoms with Gasteiger partial charge in [0.1, 0.15) is 0 Å². The zero-order valence-corrected chi connectivity index (χ0v) is 17.9. The average molecular weight is 385 g/mol. The zero-order chi connectivity index (χ0) is 19.5. The topological polar surface area (TPSA) is 20.2 Å². The van der Waals surface area contributed by atoms with E-state index in [0.717, 1.165) is 18.8 Å². The van der Waals surface area contributed by atoms with Crippen LogP contribution in [0.4, 0.5) is 0 Å². The van der Waals surface area contributed by atoms with Crippen molar-refractivity contribution in [2.45, 2.75) is 84.0 Å². The lowest BCUT2D eigenvalue weighted by atomic mass is 9.89. The van der Waals surface area contributed by atoms with E-state index in [9.17, 15) is 5.11 Å². The van der Waals surface area contributed by atoms with Crippen LogP contribution in [0.1, 0.15) is 89.5 Å². The lowest BCUT2D eigenvalue weighted by molar-refractivity contribution is 0.399. The van der Waals surface area contributed by atoms with E-state index in [4.69, 9.17) is 12.2 Å². The fourth-order valence-electron chi connectivity index (χ4n) is 4.15. The molecule has 0 aliphatic carbocycles. The van der Waals surface area contributed by atoms with Gasteiger partial charge in [-0.05, 0) is 40.9 Å². The Balaban J connectivity index is 1.83. The van der Waals surface area contributed by atoms with Crippen LogP contribution >= 0.6 is 12.2 Å². The van der Waals surface area contributed by atoms with Gasteiger partial charge in [0.25, 0.3) is 0 Å². The minimum atomic E-state index is -0.0287. The summed E-state index contributed by atoms with van der Waals surface area (Å²) in [6.07, 6.45) is 12.7. The summed E-state index contributed by atoms with van der Waals surface area (Å²) in [6, 6.07) is 14.7. The minimum Gasteiger partial charge on any atom is -0.502 e. The zero-order valence-electron chi connectivity index (χ0n) is 17.1. The summed E-state index contributed by atoms with van der Waals surface area (Å²) in [5.41, 5.74) is 1.17. The van der Waals surface area contributed by atoms with E-state index in [-0.39, 0.29) is 11.0 Å². The molecular weight excluding hydrogens is 348 g/mol. The van der Waals surface area contributed by atoms with Crippen LogP contribution in [-0.4, -0.2) is 10.2 Å². The number of unbranched alkanes of at least 4 members (excludes halogenated alkanes) is 4. The van der Waals surface area contributed by atoms with Crippen molar-refractivity contribution in [2.24, 2.45) is 5.92 Å². The van der Waals surface area contributed by atoms with Crippen LogP contribution in [0.15, 0.2) is 42.5 Å². The van der Waals surface area contributed by atoms with E-state index in [1.807, 2.05) is 0 Å². The van der Waals surface area contributed by atoms with Gasteiger partial charge >= 0.3 is 0 Å². The second kappa shape index (κ2) is 12.1. The van der Waals surface area contributed by atoms with Crippen molar-refractivity contribution in [3.8, 4) is 0 Å². The van der Waals surface area contributed by atoms with Crippen LogP contribution in [0.5, 0.6) is 0 Å². The summed E-state index contributed by atoms with van der Waals surface area (Å²) in [4.78, 5) is 0. The lowest BCUT2D eigenvalue weighted by Gasteiger charge is -2.17. The first kappa shape index (κ1) is 21.9. The average Bonchev–Trinajstić information content (AvgIpc) is 2.69. The Morgan fingerprint density at radius 2 is 1.52 bits per heavy atom. The molecule has 0 fully saturated rings. The first-order valence-corrected chi connectivity index (χ1v) is 11.3. The van der Waals surface area contributed by atoms with Crippen molar-refractivity contribution >= 4 is 28.0 Å². The van der Waals surface area contributed by atoms with Crippen LogP contribution in [-0.2, 0) is 0 Å². The van der Waals surface area contributed by atoms with Gasteiger partial charge in [0.2, 0.25) is 0 Å². The monoisotopic (exact) mass is 384 g/mol. The van der Waals surface area contributed by atoms with Gasteiger partial charge in [-0.15, -0.1) is 0 Å². The molecule has 27 heavy (non-hydrogen) atoms. The highest BCUT2D eigenvalue weighted by Gasteiger charge is 2.18. The number of hydrogen-bond donors (Lipinski definition) is 1. The maximum absolute atomic E-state index is 10.1. The molecule has 1 N–H and O–H groups in total. The third-order valence-electron chi connectivity index (χ3n) is 5.90. The molecule has 0 heterocycles. The van der Waals surface area contributed by atoms with Gasteiger partial charge in [-0.3, -0.25) is 0 Å². The van der Waals surface area contributed by atoms with Crippen LogP contribution in [0.3, 0.4) is 0 Å². The van der Waals surface area contributed by atoms with Gasteiger partial charge < -0.3 is 5.11 Å². The summed E-state index contributed by atoms with van der Waals surface area (Å²) in [7, 11) is 0. The largest absolute Gasteiger partial charge is 0.502 e. The SMILES string of the molecule is CCCCC(CC)CCCCCCC(C(O)=S)c1cccc2ccccc12. The molecule has 0 aliphatic heterocycles. The molecule has 2 heteroatoms. The summed E-state index contributed by atoms with van der Waals surface area (Å²) in [6.45, 7) is 4.61. The maximum Gasteiger partial charge on any atom is 0.164 e. The van der Waals surface area contributed by atoms with Crippen molar-refractivity contribution in [1.29, 1.82) is 0 Å². The molecule has 0 radical (unpaired) electrons. The highest BCUT2D eigenvalue weighted by molar-refractivity contribution is 7.80. The number of rotatable bonds is 13. The Hall–Kier alpha value is -1.41. The van der Waals surface area contributed by atoms with E-state index in [0.29, 0.717) is 0 Å². The molecule has 0 aromatic heterocycles. The normalized spacial score (nSPS) is 13.6. The van der Waals surface area contributed by atoms with Crippen LogP contribution in [0.2, 0.25) is 0 Å². The fourth-order valence-corrected chi connectivity index (χ4v) is 4.39. The Kier molecular flexibility index (Phi) is 9.83. The van der Waals surface area contributed by atoms with Crippen LogP contribution < -0.4 is 0 Å². The van der Waals surface area contributed by atoms with Gasteiger partial charge in [-0.1, -0.05) is 114 Å². The first-order chi connectivity index (χ1) is 13.2. The molecule has 0 saturated heterocycles. The van der Waals surface area contributed by atoms with Crippen molar-refractivity contribution in [1.82, 2.24) is 0 Å². The predicted octanol–water partition coefficient (Wildman–Crippen LogP) is 8.37. The Bertz CT molecular complexity index is 688. The smallest absolute Gasteiger partial charge is 0.164 e. The molecule has 2 unspecified atom stereocenters. The predicted molar refractivity (Wildman–Crippen MR) is 123 cm³/mol. The third-order valence-corrected chi connectivity index (χ3v) is 6.18. The molecule has 0 aliphatic rings. The second-order valence-corrected chi connectivity index (χ2v) is 8.29. The molecule has 2 aromatic carbocycles. The number of hydrogen-bond acceptors (Lipinski definition) is 1. The van der Waals surface area contributed by atoms with Crippen LogP contribution in [0, 0.1) is 5.92 Å². The number of fused-ring (bicyclic) bond motifs is 1. The molecule has 0 amide bonds. The molecule has 0 spiro atoms. The highest BCUT2D eigenvalue weighted by Crippen LogP contribution is 2.30. The molecule has 0 saturated carbocycles. The Morgan fingerprint density at radius 3 is 2.22 bits per heavy atom. The van der Waals surface area contributed by atoms with E-state index in [1.165, 1.54) is 67.7 Å². The second-order valence-electron chi connectivity index (χ2n) is 7.87. The quantitative estimate of drug-likeness (QED) is 0.276. The van der Waals surface area contributed by atoms with Crippen molar-refractivity contribution in [3.63, 3.8) is 0 Å². The Labute approximate surface area is 171 Å². The minimum absolute atomic E-state index is 0.0287. The molecule has 2 aromatic rings. The van der Waals surface area contributed by atoms with E-state index >= 15 is 0 Å². The molecule has 148 valence electrons. The van der Waals surface area contributed by atoms with Crippen molar-refractivity contribution in [2.75, 3.05) is 0 Å². The molecule has 1 nitrogen and oxygen atoms in total. The van der Waals surface area contributed by atoms with Crippen molar-refractivity contribution in [3.05, 3.63) is 48.0 Å². The third kappa shape index (κ3) is 6.92. The maximum atomic E-state index is 10.1. The van der Waals surface area contributed by atoms with Gasteiger partial charge in [0, 0.05) is 0 Å². The standard InChI is InChI=1S/C25H36OS/c1-3-5-13-20(4-2)14-8-6-7-9-18-24(25(26)27)23-19-12-16-21-15-10-11-17-22(21)23/h10-12,15-17,19-20,24H,3-9,13-14,18H2,1-2H3,(H,26,27). The summed E-state index contributed by atoms with van der Waals surface area (Å²) in [5.74, 6) is 0.887. The molecule has 2 atom stereocenters. The first-order valence-electron chi connectivity index (χ1n) is 10.9. The van der Waals surface area contributed by atoms with Gasteiger partial charge in [-0.2, -0.15) is 0 Å². The molecule has 2 rings (SSSR count). The van der Waals surface area contributed by atoms with E-state index in [2.05, 4.69) is 56.3 Å². The number of thiocarbonyl (C=S) groups is 1. The van der Waals surface area contributed by atoms with E-state index in [1.54, 1.807) is 0 Å². The fraction of sp³-hybridized carbons (Fsp3) is 0.560. The van der Waals surface area contributed by atoms with Crippen molar-refractivity contribution < 1.29 is 5.11 Å². The van der Waals surface area contributed by atoms with E-state index < -0.39 is 0 Å². The Morgan fingerprint density at radius 1 is 0.852 bits per heavy atom. The van der Waals surface area contributed by atoms with Gasteiger partial charge in [-0.25, -0.2) is 0 Å². The molecule has 0 bridgehead atoms. The summed E-state index contributed by atoms with van der Waals surface area (Å²) >= 11 is 5.21. The van der Waals surface area contributed by atoms with Gasteiger partial charge in [0.15, 0.2) is 5.05 Å². The van der Waals surface area contributed by atoms with Gasteiger partial charge in [0.05, 0.1) is 5.92 Å². The number of aliphatic hydroxyl groups excluding tert-OH is 1. The highest BCUT2D eigenvalue weighted by atomic mass is 32.1. The molecular formula is C25H36OS. The summed E-state index contributed by atoms with van der Waals surface area (Å²) < 4.78 is 0. The number of aliphatic hydroxyl groups is 1. The lowest BCUT2D eigenvalue weighted by Crippen LogP contribution is -2.10.